The van der Waals surface area contributed by atoms with Gasteiger partial charge in [0, 0.05) is 33.3 Å². The van der Waals surface area contributed by atoms with E-state index in [0.717, 1.165) is 23.2 Å². The third-order valence-electron chi connectivity index (χ3n) is 5.01. The lowest BCUT2D eigenvalue weighted by Crippen LogP contribution is -2.38. The number of hydrogen-bond acceptors (Lipinski definition) is 6. The van der Waals surface area contributed by atoms with Crippen molar-refractivity contribution in [3.8, 4) is 11.5 Å². The molecule has 0 saturated carbocycles. The van der Waals surface area contributed by atoms with Gasteiger partial charge in [0.25, 0.3) is 5.56 Å². The van der Waals surface area contributed by atoms with E-state index in [-0.39, 0.29) is 5.56 Å². The first kappa shape index (κ1) is 17.2. The second-order valence-electron chi connectivity index (χ2n) is 6.48. The number of aryl methyl sites for hydroxylation is 2. The van der Waals surface area contributed by atoms with Crippen molar-refractivity contribution >= 4 is 22.8 Å². The molecule has 9 heteroatoms. The Balaban J connectivity index is 1.98. The van der Waals surface area contributed by atoms with E-state index in [1.165, 1.54) is 11.6 Å². The Morgan fingerprint density at radius 2 is 1.81 bits per heavy atom. The quantitative estimate of drug-likeness (QED) is 0.683. The molecular weight excluding hydrogens is 350 g/mol. The first-order chi connectivity index (χ1) is 13.0. The van der Waals surface area contributed by atoms with E-state index in [9.17, 15) is 9.59 Å². The van der Waals surface area contributed by atoms with Gasteiger partial charge in [-0.2, -0.15) is 4.98 Å². The van der Waals surface area contributed by atoms with Crippen LogP contribution in [-0.4, -0.2) is 39.4 Å². The molecule has 0 bridgehead atoms. The molecule has 27 heavy (non-hydrogen) atoms. The number of fused-ring (bicyclic) bond motifs is 3. The SMILES string of the molecule is COc1ccc(N2CCCn3c2nc2c3c(=O)n(C)c(=O)n2C)c(OC)c1. The Morgan fingerprint density at radius 1 is 1.04 bits per heavy atom. The Bertz CT molecular complexity index is 1160. The second-order valence-corrected chi connectivity index (χ2v) is 6.48. The summed E-state index contributed by atoms with van der Waals surface area (Å²) in [6, 6.07) is 5.57. The summed E-state index contributed by atoms with van der Waals surface area (Å²) in [6.07, 6.45) is 0.833. The predicted molar refractivity (Wildman–Crippen MR) is 101 cm³/mol. The number of hydrogen-bond donors (Lipinski definition) is 0. The fraction of sp³-hybridized carbons (Fsp3) is 0.389. The molecule has 0 spiro atoms. The van der Waals surface area contributed by atoms with Gasteiger partial charge >= 0.3 is 5.69 Å². The number of methoxy groups -OCH3 is 2. The molecule has 1 aliphatic rings. The van der Waals surface area contributed by atoms with Gasteiger partial charge in [0.05, 0.1) is 19.9 Å². The maximum atomic E-state index is 12.7. The Hall–Kier alpha value is -3.23. The molecule has 0 atom stereocenters. The summed E-state index contributed by atoms with van der Waals surface area (Å²) < 4.78 is 15.2. The molecule has 142 valence electrons. The van der Waals surface area contributed by atoms with Crippen molar-refractivity contribution in [3.63, 3.8) is 0 Å². The molecule has 2 aromatic heterocycles. The minimum atomic E-state index is -0.392. The summed E-state index contributed by atoms with van der Waals surface area (Å²) in [4.78, 5) is 31.6. The highest BCUT2D eigenvalue weighted by Crippen LogP contribution is 2.38. The first-order valence-corrected chi connectivity index (χ1v) is 8.63. The minimum absolute atomic E-state index is 0.338. The summed E-state index contributed by atoms with van der Waals surface area (Å²) in [5.74, 6) is 1.96. The van der Waals surface area contributed by atoms with E-state index < -0.39 is 5.69 Å². The number of imidazole rings is 1. The largest absolute Gasteiger partial charge is 0.497 e. The molecular formula is C18H21N5O4. The van der Waals surface area contributed by atoms with Gasteiger partial charge in [-0.3, -0.25) is 13.9 Å². The normalized spacial score (nSPS) is 13.7. The zero-order chi connectivity index (χ0) is 19.3. The molecule has 0 unspecified atom stereocenters. The topological polar surface area (TPSA) is 83.5 Å². The summed E-state index contributed by atoms with van der Waals surface area (Å²) in [5, 5.41) is 0. The maximum absolute atomic E-state index is 12.7. The molecule has 0 saturated heterocycles. The number of benzene rings is 1. The Morgan fingerprint density at radius 3 is 2.52 bits per heavy atom. The summed E-state index contributed by atoms with van der Waals surface area (Å²) in [5.41, 5.74) is 0.924. The van der Waals surface area contributed by atoms with Crippen LogP contribution in [0.5, 0.6) is 11.5 Å². The number of aromatic nitrogens is 4. The van der Waals surface area contributed by atoms with Crippen molar-refractivity contribution in [2.24, 2.45) is 14.1 Å². The average molecular weight is 371 g/mol. The van der Waals surface area contributed by atoms with Crippen molar-refractivity contribution in [3.05, 3.63) is 39.0 Å². The lowest BCUT2D eigenvalue weighted by atomic mass is 10.2. The third kappa shape index (κ3) is 2.42. The predicted octanol–water partition coefficient (Wildman–Crippen LogP) is 0.993. The Labute approximate surface area is 155 Å². The van der Waals surface area contributed by atoms with Crippen molar-refractivity contribution in [1.82, 2.24) is 18.7 Å². The molecule has 1 aliphatic heterocycles. The number of anilines is 2. The van der Waals surface area contributed by atoms with Crippen LogP contribution in [0.15, 0.2) is 27.8 Å². The van der Waals surface area contributed by atoms with E-state index in [2.05, 4.69) is 4.98 Å². The van der Waals surface area contributed by atoms with Crippen LogP contribution in [0, 0.1) is 0 Å². The molecule has 3 aromatic rings. The molecule has 4 rings (SSSR count). The van der Waals surface area contributed by atoms with E-state index in [4.69, 9.17) is 9.47 Å². The van der Waals surface area contributed by atoms with Crippen molar-refractivity contribution in [1.29, 1.82) is 0 Å². The van der Waals surface area contributed by atoms with E-state index >= 15 is 0 Å². The van der Waals surface area contributed by atoms with Crippen LogP contribution in [0.3, 0.4) is 0 Å². The highest BCUT2D eigenvalue weighted by Gasteiger charge is 2.28. The molecule has 0 amide bonds. The number of nitrogens with zero attached hydrogens (tertiary/aromatic N) is 5. The summed E-state index contributed by atoms with van der Waals surface area (Å²) >= 11 is 0. The fourth-order valence-corrected chi connectivity index (χ4v) is 3.58. The van der Waals surface area contributed by atoms with Crippen LogP contribution in [0.1, 0.15) is 6.42 Å². The highest BCUT2D eigenvalue weighted by atomic mass is 16.5. The molecule has 9 nitrogen and oxygen atoms in total. The molecule has 0 radical (unpaired) electrons. The zero-order valence-electron chi connectivity index (χ0n) is 15.7. The summed E-state index contributed by atoms with van der Waals surface area (Å²) in [6.45, 7) is 1.38. The van der Waals surface area contributed by atoms with Gasteiger partial charge in [0.1, 0.15) is 11.5 Å². The lowest BCUT2D eigenvalue weighted by Gasteiger charge is -2.30. The van der Waals surface area contributed by atoms with Crippen LogP contribution in [0.25, 0.3) is 11.2 Å². The summed E-state index contributed by atoms with van der Waals surface area (Å²) in [7, 11) is 6.31. The van der Waals surface area contributed by atoms with Crippen LogP contribution in [0.2, 0.25) is 0 Å². The van der Waals surface area contributed by atoms with Gasteiger partial charge < -0.3 is 18.9 Å². The smallest absolute Gasteiger partial charge is 0.332 e. The van der Waals surface area contributed by atoms with Crippen molar-refractivity contribution in [2.45, 2.75) is 13.0 Å². The lowest BCUT2D eigenvalue weighted by molar-refractivity contribution is 0.394. The molecule has 3 heterocycles. The highest BCUT2D eigenvalue weighted by molar-refractivity contribution is 5.78. The standard InChI is InChI=1S/C18H21N5O4/c1-20-15-14(16(24)21(2)18(20)25)23-9-5-8-22(17(23)19-15)12-7-6-11(26-3)10-13(12)27-4/h6-7,10H,5,8-9H2,1-4H3. The van der Waals surface area contributed by atoms with Gasteiger partial charge in [0.15, 0.2) is 11.2 Å². The second kappa shape index (κ2) is 6.19. The third-order valence-corrected chi connectivity index (χ3v) is 5.01. The van der Waals surface area contributed by atoms with E-state index in [1.807, 2.05) is 27.7 Å². The van der Waals surface area contributed by atoms with Gasteiger partial charge in [-0.15, -0.1) is 0 Å². The van der Waals surface area contributed by atoms with Crippen molar-refractivity contribution < 1.29 is 9.47 Å². The van der Waals surface area contributed by atoms with Crippen molar-refractivity contribution in [2.75, 3.05) is 25.7 Å². The zero-order valence-corrected chi connectivity index (χ0v) is 15.7. The molecule has 0 N–H and O–H groups in total. The number of rotatable bonds is 3. The molecule has 1 aromatic carbocycles. The maximum Gasteiger partial charge on any atom is 0.332 e. The fourth-order valence-electron chi connectivity index (χ4n) is 3.58. The van der Waals surface area contributed by atoms with Gasteiger partial charge in [-0.25, -0.2) is 4.79 Å². The van der Waals surface area contributed by atoms with E-state index in [0.29, 0.717) is 35.2 Å². The number of ether oxygens (including phenoxy) is 2. The minimum Gasteiger partial charge on any atom is -0.497 e. The average Bonchev–Trinajstić information content (AvgIpc) is 3.10. The first-order valence-electron chi connectivity index (χ1n) is 8.63. The van der Waals surface area contributed by atoms with Gasteiger partial charge in [0.2, 0.25) is 5.95 Å². The van der Waals surface area contributed by atoms with Gasteiger partial charge in [-0.05, 0) is 18.6 Å². The van der Waals surface area contributed by atoms with E-state index in [1.54, 1.807) is 21.3 Å². The van der Waals surface area contributed by atoms with Crippen LogP contribution in [0.4, 0.5) is 11.6 Å². The molecule has 0 fully saturated rings. The van der Waals surface area contributed by atoms with Gasteiger partial charge in [-0.1, -0.05) is 0 Å². The van der Waals surface area contributed by atoms with Crippen LogP contribution >= 0.6 is 0 Å². The van der Waals surface area contributed by atoms with Crippen LogP contribution < -0.4 is 25.6 Å². The molecule has 0 aliphatic carbocycles. The van der Waals surface area contributed by atoms with Crippen LogP contribution in [-0.2, 0) is 20.6 Å². The Kier molecular flexibility index (Phi) is 3.94. The monoisotopic (exact) mass is 371 g/mol.